The maximum atomic E-state index is 11.2. The molecule has 0 atom stereocenters. The molecule has 0 radical (unpaired) electrons. The fourth-order valence-corrected chi connectivity index (χ4v) is 3.67. The van der Waals surface area contributed by atoms with Crippen molar-refractivity contribution in [3.8, 4) is 10.7 Å². The van der Waals surface area contributed by atoms with E-state index in [9.17, 15) is 9.90 Å². The van der Waals surface area contributed by atoms with Gasteiger partial charge in [-0.2, -0.15) is 0 Å². The summed E-state index contributed by atoms with van der Waals surface area (Å²) in [6.45, 7) is 0. The van der Waals surface area contributed by atoms with Crippen LogP contribution in [0.3, 0.4) is 0 Å². The van der Waals surface area contributed by atoms with Crippen LogP contribution in [0.2, 0.25) is 5.02 Å². The number of carbonyl (C=O) groups is 1. The molecule has 0 fully saturated rings. The Morgan fingerprint density at radius 1 is 1.08 bits per heavy atom. The number of hydrogen-bond acceptors (Lipinski definition) is 5. The second-order valence-corrected chi connectivity index (χ2v) is 6.84. The fraction of sp³-hybridized carbons (Fsp3) is 0. The average Bonchev–Trinajstić information content (AvgIpc) is 3.08. The van der Waals surface area contributed by atoms with Crippen molar-refractivity contribution in [1.29, 1.82) is 0 Å². The van der Waals surface area contributed by atoms with Gasteiger partial charge < -0.3 is 10.4 Å². The van der Waals surface area contributed by atoms with Gasteiger partial charge in [0.05, 0.1) is 21.0 Å². The highest BCUT2D eigenvalue weighted by atomic mass is 35.5. The van der Waals surface area contributed by atoms with E-state index in [0.29, 0.717) is 22.4 Å². The molecule has 0 unspecified atom stereocenters. The molecule has 5 nitrogen and oxygen atoms in total. The number of fused-ring (bicyclic) bond motifs is 1. The predicted octanol–water partition coefficient (Wildman–Crippen LogP) is 5.45. The number of aromatic carboxylic acids is 1. The van der Waals surface area contributed by atoms with Crippen LogP contribution in [0.15, 0.2) is 60.0 Å². The molecule has 0 amide bonds. The minimum atomic E-state index is -0.979. The Kier molecular flexibility index (Phi) is 4.28. The number of para-hydroxylation sites is 1. The fourth-order valence-electron chi connectivity index (χ4n) is 2.59. The number of rotatable bonds is 4. The van der Waals surface area contributed by atoms with Crippen LogP contribution < -0.4 is 5.32 Å². The van der Waals surface area contributed by atoms with Crippen molar-refractivity contribution >= 4 is 51.3 Å². The Hall–Kier alpha value is -2.96. The SMILES string of the molecule is O=C(O)c1cccc(Nc2nc(-c3sccc3Cl)nc3ccccc23)c1. The quantitative estimate of drug-likeness (QED) is 0.491. The highest BCUT2D eigenvalue weighted by molar-refractivity contribution is 7.14. The van der Waals surface area contributed by atoms with E-state index >= 15 is 0 Å². The molecule has 0 aliphatic carbocycles. The molecule has 7 heteroatoms. The normalized spacial score (nSPS) is 10.8. The van der Waals surface area contributed by atoms with Crippen molar-refractivity contribution in [2.75, 3.05) is 5.32 Å². The van der Waals surface area contributed by atoms with E-state index in [1.807, 2.05) is 35.7 Å². The standard InChI is InChI=1S/C19H12ClN3O2S/c20-14-8-9-26-16(14)18-22-15-7-2-1-6-13(15)17(23-18)21-12-5-3-4-11(10-12)19(24)25/h1-10H,(H,24,25)(H,21,22,23). The monoisotopic (exact) mass is 381 g/mol. The van der Waals surface area contributed by atoms with Gasteiger partial charge in [-0.1, -0.05) is 29.8 Å². The zero-order chi connectivity index (χ0) is 18.1. The third kappa shape index (κ3) is 3.12. The summed E-state index contributed by atoms with van der Waals surface area (Å²) in [6.07, 6.45) is 0. The largest absolute Gasteiger partial charge is 0.478 e. The highest BCUT2D eigenvalue weighted by Gasteiger charge is 2.13. The van der Waals surface area contributed by atoms with Gasteiger partial charge in [0.25, 0.3) is 0 Å². The molecule has 2 heterocycles. The van der Waals surface area contributed by atoms with Crippen molar-refractivity contribution in [1.82, 2.24) is 9.97 Å². The minimum Gasteiger partial charge on any atom is -0.478 e. The van der Waals surface area contributed by atoms with Gasteiger partial charge in [0.15, 0.2) is 5.82 Å². The first kappa shape index (κ1) is 16.5. The lowest BCUT2D eigenvalue weighted by Crippen LogP contribution is -2.01. The molecule has 4 aromatic rings. The summed E-state index contributed by atoms with van der Waals surface area (Å²) < 4.78 is 0. The van der Waals surface area contributed by atoms with Gasteiger partial charge in [-0.15, -0.1) is 11.3 Å². The van der Waals surface area contributed by atoms with Gasteiger partial charge in [-0.05, 0) is 41.8 Å². The van der Waals surface area contributed by atoms with Gasteiger partial charge >= 0.3 is 5.97 Å². The highest BCUT2D eigenvalue weighted by Crippen LogP contribution is 2.34. The lowest BCUT2D eigenvalue weighted by Gasteiger charge is -2.11. The number of anilines is 2. The molecule has 4 rings (SSSR count). The zero-order valence-electron chi connectivity index (χ0n) is 13.3. The molecule has 0 saturated heterocycles. The molecule has 0 aliphatic rings. The van der Waals surface area contributed by atoms with Crippen LogP contribution in [0.4, 0.5) is 11.5 Å². The predicted molar refractivity (Wildman–Crippen MR) is 105 cm³/mol. The van der Waals surface area contributed by atoms with E-state index < -0.39 is 5.97 Å². The summed E-state index contributed by atoms with van der Waals surface area (Å²) in [5.74, 6) is 0.144. The molecule has 0 aliphatic heterocycles. The molecule has 2 N–H and O–H groups in total. The first-order valence-electron chi connectivity index (χ1n) is 7.72. The molecule has 0 saturated carbocycles. The molecule has 2 aromatic carbocycles. The zero-order valence-corrected chi connectivity index (χ0v) is 14.9. The molecule has 2 aromatic heterocycles. The molecule has 0 bridgehead atoms. The number of halogens is 1. The van der Waals surface area contributed by atoms with E-state index in [0.717, 1.165) is 15.8 Å². The summed E-state index contributed by atoms with van der Waals surface area (Å²) in [5.41, 5.74) is 1.62. The van der Waals surface area contributed by atoms with Gasteiger partial charge in [0.2, 0.25) is 0 Å². The Morgan fingerprint density at radius 3 is 2.69 bits per heavy atom. The molecule has 128 valence electrons. The molecular formula is C19H12ClN3O2S. The Bertz CT molecular complexity index is 1130. The molecule has 0 spiro atoms. The average molecular weight is 382 g/mol. The number of carboxylic acid groups (broad SMARTS) is 1. The van der Waals surface area contributed by atoms with E-state index in [-0.39, 0.29) is 5.56 Å². The number of carboxylic acids is 1. The van der Waals surface area contributed by atoms with Crippen molar-refractivity contribution in [2.45, 2.75) is 0 Å². The number of nitrogens with zero attached hydrogens (tertiary/aromatic N) is 2. The minimum absolute atomic E-state index is 0.204. The van der Waals surface area contributed by atoms with Crippen LogP contribution in [0.1, 0.15) is 10.4 Å². The summed E-state index contributed by atoms with van der Waals surface area (Å²) in [7, 11) is 0. The van der Waals surface area contributed by atoms with Gasteiger partial charge in [-0.25, -0.2) is 14.8 Å². The lowest BCUT2D eigenvalue weighted by molar-refractivity contribution is 0.0697. The number of hydrogen-bond donors (Lipinski definition) is 2. The Morgan fingerprint density at radius 2 is 1.92 bits per heavy atom. The second kappa shape index (κ2) is 6.74. The Balaban J connectivity index is 1.84. The molecule has 26 heavy (non-hydrogen) atoms. The summed E-state index contributed by atoms with van der Waals surface area (Å²) >= 11 is 7.71. The van der Waals surface area contributed by atoms with Gasteiger partial charge in [0.1, 0.15) is 5.82 Å². The smallest absolute Gasteiger partial charge is 0.335 e. The number of benzene rings is 2. The number of thiophene rings is 1. The summed E-state index contributed by atoms with van der Waals surface area (Å²) in [5, 5.41) is 15.7. The van der Waals surface area contributed by atoms with Crippen molar-refractivity contribution in [2.24, 2.45) is 0 Å². The van der Waals surface area contributed by atoms with Gasteiger partial charge in [-0.3, -0.25) is 0 Å². The van der Waals surface area contributed by atoms with Crippen molar-refractivity contribution in [3.63, 3.8) is 0 Å². The topological polar surface area (TPSA) is 75.1 Å². The molecular weight excluding hydrogens is 370 g/mol. The van der Waals surface area contributed by atoms with Crippen LogP contribution in [-0.2, 0) is 0 Å². The second-order valence-electron chi connectivity index (χ2n) is 5.52. The first-order chi connectivity index (χ1) is 12.6. The van der Waals surface area contributed by atoms with Crippen LogP contribution in [-0.4, -0.2) is 21.0 Å². The Labute approximate surface area is 157 Å². The van der Waals surface area contributed by atoms with Crippen molar-refractivity contribution < 1.29 is 9.90 Å². The third-order valence-corrected chi connectivity index (χ3v) is 5.13. The maximum Gasteiger partial charge on any atom is 0.335 e. The van der Waals surface area contributed by atoms with E-state index in [4.69, 9.17) is 11.6 Å². The van der Waals surface area contributed by atoms with Crippen LogP contribution in [0.5, 0.6) is 0 Å². The number of nitrogens with one attached hydrogen (secondary N) is 1. The van der Waals surface area contributed by atoms with Crippen molar-refractivity contribution in [3.05, 3.63) is 70.6 Å². The lowest BCUT2D eigenvalue weighted by atomic mass is 10.2. The maximum absolute atomic E-state index is 11.2. The van der Waals surface area contributed by atoms with E-state index in [2.05, 4.69) is 15.3 Å². The third-order valence-electron chi connectivity index (χ3n) is 3.80. The summed E-state index contributed by atoms with van der Waals surface area (Å²) in [6, 6.07) is 16.0. The van der Waals surface area contributed by atoms with Gasteiger partial charge in [0, 0.05) is 11.1 Å². The summed E-state index contributed by atoms with van der Waals surface area (Å²) in [4.78, 5) is 21.2. The van der Waals surface area contributed by atoms with E-state index in [1.165, 1.54) is 11.3 Å². The first-order valence-corrected chi connectivity index (χ1v) is 8.98. The number of aromatic nitrogens is 2. The van der Waals surface area contributed by atoms with E-state index in [1.54, 1.807) is 24.3 Å². The van der Waals surface area contributed by atoms with Crippen LogP contribution in [0, 0.1) is 0 Å². The van der Waals surface area contributed by atoms with Crippen LogP contribution >= 0.6 is 22.9 Å². The van der Waals surface area contributed by atoms with Crippen LogP contribution in [0.25, 0.3) is 21.6 Å².